The Labute approximate surface area is 127 Å². The molecule has 0 saturated carbocycles. The maximum atomic E-state index is 13.4. The second-order valence-corrected chi connectivity index (χ2v) is 6.36. The molecule has 0 aliphatic heterocycles. The molecule has 0 aliphatic rings. The first-order valence-electron chi connectivity index (χ1n) is 6.68. The molecule has 1 unspecified atom stereocenters. The summed E-state index contributed by atoms with van der Waals surface area (Å²) in [5, 5.41) is 10.4. The van der Waals surface area contributed by atoms with Crippen LogP contribution in [0.2, 0.25) is 0 Å². The summed E-state index contributed by atoms with van der Waals surface area (Å²) in [6, 6.07) is 12.3. The first kappa shape index (κ1) is 15.2. The highest BCUT2D eigenvalue weighted by Gasteiger charge is 2.13. The molecule has 0 radical (unpaired) electrons. The summed E-state index contributed by atoms with van der Waals surface area (Å²) in [6.45, 7) is 4.32. The molecular formula is C17H18BrFO. The van der Waals surface area contributed by atoms with Crippen LogP contribution in [0.3, 0.4) is 0 Å². The van der Waals surface area contributed by atoms with Gasteiger partial charge in [-0.25, -0.2) is 4.39 Å². The molecule has 0 spiro atoms. The Balaban J connectivity index is 2.30. The third kappa shape index (κ3) is 3.90. The highest BCUT2D eigenvalue weighted by Crippen LogP contribution is 2.26. The van der Waals surface area contributed by atoms with Crippen molar-refractivity contribution < 1.29 is 9.50 Å². The fourth-order valence-electron chi connectivity index (χ4n) is 2.29. The summed E-state index contributed by atoms with van der Waals surface area (Å²) in [6.07, 6.45) is 0.155. The molecule has 1 N–H and O–H groups in total. The standard InChI is InChI=1S/C17H18BrFO/c1-11(2)6-12-4-3-5-13(7-12)17(20)14-8-15(18)10-16(19)9-14/h3-5,7-11,17,20H,6H2,1-2H3. The summed E-state index contributed by atoms with van der Waals surface area (Å²) < 4.78 is 14.0. The molecule has 0 saturated heterocycles. The molecule has 2 rings (SSSR count). The van der Waals surface area contributed by atoms with Crippen LogP contribution in [0.15, 0.2) is 46.9 Å². The molecule has 1 atom stereocenters. The SMILES string of the molecule is CC(C)Cc1cccc(C(O)c2cc(F)cc(Br)c2)c1. The van der Waals surface area contributed by atoms with Crippen LogP contribution in [0.25, 0.3) is 0 Å². The van der Waals surface area contributed by atoms with Crippen molar-refractivity contribution in [2.75, 3.05) is 0 Å². The van der Waals surface area contributed by atoms with Crippen molar-refractivity contribution in [1.82, 2.24) is 0 Å². The quantitative estimate of drug-likeness (QED) is 0.844. The first-order chi connectivity index (χ1) is 9.45. The van der Waals surface area contributed by atoms with Crippen molar-refractivity contribution in [3.05, 3.63) is 69.4 Å². The van der Waals surface area contributed by atoms with Gasteiger partial charge in [-0.15, -0.1) is 0 Å². The van der Waals surface area contributed by atoms with Gasteiger partial charge in [0.15, 0.2) is 0 Å². The second kappa shape index (κ2) is 6.51. The molecule has 0 amide bonds. The van der Waals surface area contributed by atoms with E-state index in [0.29, 0.717) is 16.0 Å². The minimum absolute atomic E-state index is 0.355. The molecule has 2 aromatic carbocycles. The fourth-order valence-corrected chi connectivity index (χ4v) is 2.77. The second-order valence-electron chi connectivity index (χ2n) is 5.45. The van der Waals surface area contributed by atoms with Crippen LogP contribution in [0, 0.1) is 11.7 Å². The normalized spacial score (nSPS) is 12.7. The molecule has 0 heterocycles. The fraction of sp³-hybridized carbons (Fsp3) is 0.294. The predicted molar refractivity (Wildman–Crippen MR) is 83.1 cm³/mol. The summed E-state index contributed by atoms with van der Waals surface area (Å²) in [4.78, 5) is 0. The van der Waals surface area contributed by atoms with Crippen molar-refractivity contribution in [2.45, 2.75) is 26.4 Å². The molecular weight excluding hydrogens is 319 g/mol. The van der Waals surface area contributed by atoms with Gasteiger partial charge >= 0.3 is 0 Å². The van der Waals surface area contributed by atoms with Crippen molar-refractivity contribution in [2.24, 2.45) is 5.92 Å². The number of rotatable bonds is 4. The lowest BCUT2D eigenvalue weighted by molar-refractivity contribution is 0.219. The Hall–Kier alpha value is -1.19. The molecule has 1 nitrogen and oxygen atoms in total. The van der Waals surface area contributed by atoms with E-state index in [-0.39, 0.29) is 5.82 Å². The van der Waals surface area contributed by atoms with E-state index in [0.717, 1.165) is 12.0 Å². The highest BCUT2D eigenvalue weighted by atomic mass is 79.9. The van der Waals surface area contributed by atoms with Gasteiger partial charge in [-0.05, 0) is 47.2 Å². The number of aliphatic hydroxyl groups excluding tert-OH is 1. The minimum atomic E-state index is -0.811. The van der Waals surface area contributed by atoms with Crippen LogP contribution in [0.5, 0.6) is 0 Å². The lowest BCUT2D eigenvalue weighted by Crippen LogP contribution is -2.02. The van der Waals surface area contributed by atoms with Gasteiger partial charge in [0.25, 0.3) is 0 Å². The highest BCUT2D eigenvalue weighted by molar-refractivity contribution is 9.10. The van der Waals surface area contributed by atoms with E-state index in [1.54, 1.807) is 6.07 Å². The predicted octanol–water partition coefficient (Wildman–Crippen LogP) is 4.87. The van der Waals surface area contributed by atoms with E-state index >= 15 is 0 Å². The Morgan fingerprint density at radius 1 is 1.10 bits per heavy atom. The van der Waals surface area contributed by atoms with Crippen LogP contribution in [-0.2, 0) is 6.42 Å². The van der Waals surface area contributed by atoms with Gasteiger partial charge in [0.2, 0.25) is 0 Å². The molecule has 20 heavy (non-hydrogen) atoms. The summed E-state index contributed by atoms with van der Waals surface area (Å²) in [5.74, 6) is 0.206. The van der Waals surface area contributed by atoms with Crippen molar-refractivity contribution in [3.63, 3.8) is 0 Å². The van der Waals surface area contributed by atoms with Crippen LogP contribution in [-0.4, -0.2) is 5.11 Å². The average molecular weight is 337 g/mol. The average Bonchev–Trinajstić information content (AvgIpc) is 2.36. The lowest BCUT2D eigenvalue weighted by Gasteiger charge is -2.14. The summed E-state index contributed by atoms with van der Waals surface area (Å²) in [7, 11) is 0. The molecule has 0 aromatic heterocycles. The van der Waals surface area contributed by atoms with Gasteiger partial charge < -0.3 is 5.11 Å². The first-order valence-corrected chi connectivity index (χ1v) is 7.48. The maximum Gasteiger partial charge on any atom is 0.124 e. The van der Waals surface area contributed by atoms with Crippen LogP contribution in [0.4, 0.5) is 4.39 Å². The summed E-state index contributed by atoms with van der Waals surface area (Å²) >= 11 is 3.25. The monoisotopic (exact) mass is 336 g/mol. The largest absolute Gasteiger partial charge is 0.384 e. The lowest BCUT2D eigenvalue weighted by atomic mass is 9.96. The zero-order chi connectivity index (χ0) is 14.7. The smallest absolute Gasteiger partial charge is 0.124 e. The Kier molecular flexibility index (Phi) is 4.95. The minimum Gasteiger partial charge on any atom is -0.384 e. The Morgan fingerprint density at radius 2 is 1.85 bits per heavy atom. The van der Waals surface area contributed by atoms with E-state index in [4.69, 9.17) is 0 Å². The van der Waals surface area contributed by atoms with Gasteiger partial charge in [-0.2, -0.15) is 0 Å². The number of hydrogen-bond acceptors (Lipinski definition) is 1. The number of benzene rings is 2. The summed E-state index contributed by atoms with van der Waals surface area (Å²) in [5.41, 5.74) is 2.53. The molecule has 3 heteroatoms. The van der Waals surface area contributed by atoms with Gasteiger partial charge in [0.1, 0.15) is 11.9 Å². The number of hydrogen-bond donors (Lipinski definition) is 1. The molecule has 0 aliphatic carbocycles. The van der Waals surface area contributed by atoms with Crippen molar-refractivity contribution in [1.29, 1.82) is 0 Å². The number of aliphatic hydroxyl groups is 1. The Morgan fingerprint density at radius 3 is 2.50 bits per heavy atom. The van der Waals surface area contributed by atoms with E-state index in [1.807, 2.05) is 18.2 Å². The van der Waals surface area contributed by atoms with E-state index < -0.39 is 6.10 Å². The van der Waals surface area contributed by atoms with E-state index in [2.05, 4.69) is 35.8 Å². The van der Waals surface area contributed by atoms with Gasteiger partial charge in [0.05, 0.1) is 0 Å². The van der Waals surface area contributed by atoms with E-state index in [9.17, 15) is 9.50 Å². The number of halogens is 2. The molecule has 0 fully saturated rings. The van der Waals surface area contributed by atoms with Crippen molar-refractivity contribution in [3.8, 4) is 0 Å². The Bertz CT molecular complexity index is 575. The molecule has 0 bridgehead atoms. The third-order valence-corrected chi connectivity index (χ3v) is 3.57. The zero-order valence-electron chi connectivity index (χ0n) is 11.6. The van der Waals surface area contributed by atoms with Gasteiger partial charge in [-0.1, -0.05) is 54.0 Å². The molecule has 2 aromatic rings. The topological polar surface area (TPSA) is 20.2 Å². The zero-order valence-corrected chi connectivity index (χ0v) is 13.2. The van der Waals surface area contributed by atoms with Crippen LogP contribution >= 0.6 is 15.9 Å². The van der Waals surface area contributed by atoms with Crippen LogP contribution < -0.4 is 0 Å². The van der Waals surface area contributed by atoms with Crippen molar-refractivity contribution >= 4 is 15.9 Å². The van der Waals surface area contributed by atoms with Crippen LogP contribution in [0.1, 0.15) is 36.6 Å². The third-order valence-electron chi connectivity index (χ3n) is 3.11. The van der Waals surface area contributed by atoms with E-state index in [1.165, 1.54) is 17.7 Å². The van der Waals surface area contributed by atoms with Gasteiger partial charge in [-0.3, -0.25) is 0 Å². The molecule has 106 valence electrons. The maximum absolute atomic E-state index is 13.4. The van der Waals surface area contributed by atoms with Gasteiger partial charge in [0, 0.05) is 4.47 Å².